The third kappa shape index (κ3) is 1.94. The number of anilines is 1. The first kappa shape index (κ1) is 9.62. The molecular weight excluding hydrogens is 210 g/mol. The summed E-state index contributed by atoms with van der Waals surface area (Å²) in [6.45, 7) is 0. The molecule has 0 bridgehead atoms. The summed E-state index contributed by atoms with van der Waals surface area (Å²) in [5.74, 6) is 0. The largest absolute Gasteiger partial charge is 0.391 e. The summed E-state index contributed by atoms with van der Waals surface area (Å²) in [7, 11) is 0. The van der Waals surface area contributed by atoms with Gasteiger partial charge in [-0.25, -0.2) is 0 Å². The van der Waals surface area contributed by atoms with Crippen LogP contribution in [0.25, 0.3) is 10.4 Å². The number of thiophene rings is 1. The highest BCUT2D eigenvalue weighted by Crippen LogP contribution is 2.30. The van der Waals surface area contributed by atoms with Crippen LogP contribution in [0.5, 0.6) is 0 Å². The van der Waals surface area contributed by atoms with E-state index in [9.17, 15) is 0 Å². The van der Waals surface area contributed by atoms with E-state index in [1.807, 2.05) is 6.07 Å². The van der Waals surface area contributed by atoms with Gasteiger partial charge in [-0.15, -0.1) is 23.1 Å². The van der Waals surface area contributed by atoms with E-state index in [2.05, 4.69) is 36.6 Å². The van der Waals surface area contributed by atoms with Gasteiger partial charge in [0.15, 0.2) is 0 Å². The van der Waals surface area contributed by atoms with Crippen molar-refractivity contribution in [2.75, 3.05) is 12.0 Å². The first-order chi connectivity index (χ1) is 6.79. The van der Waals surface area contributed by atoms with Gasteiger partial charge < -0.3 is 5.73 Å². The molecule has 72 valence electrons. The molecule has 0 aliphatic rings. The second kappa shape index (κ2) is 4.07. The standard InChI is InChI=1S/C11H11NS2/c1-13-9-4-2-8(3-5-9)10-6-7-11(12)14-10/h2-7H,12H2,1H3. The zero-order chi connectivity index (χ0) is 9.97. The van der Waals surface area contributed by atoms with Crippen molar-refractivity contribution in [3.05, 3.63) is 36.4 Å². The van der Waals surface area contributed by atoms with E-state index in [4.69, 9.17) is 5.73 Å². The Morgan fingerprint density at radius 3 is 2.29 bits per heavy atom. The predicted molar refractivity (Wildman–Crippen MR) is 65.9 cm³/mol. The molecule has 1 aromatic heterocycles. The quantitative estimate of drug-likeness (QED) is 0.782. The van der Waals surface area contributed by atoms with Gasteiger partial charge in [0.05, 0.1) is 5.00 Å². The number of benzene rings is 1. The molecule has 2 aromatic rings. The molecular formula is C11H11NS2. The molecule has 2 rings (SSSR count). The average molecular weight is 221 g/mol. The van der Waals surface area contributed by atoms with Crippen molar-refractivity contribution in [1.82, 2.24) is 0 Å². The van der Waals surface area contributed by atoms with E-state index >= 15 is 0 Å². The molecule has 0 radical (unpaired) electrons. The van der Waals surface area contributed by atoms with Crippen LogP contribution in [0.3, 0.4) is 0 Å². The van der Waals surface area contributed by atoms with Crippen LogP contribution >= 0.6 is 23.1 Å². The van der Waals surface area contributed by atoms with Gasteiger partial charge >= 0.3 is 0 Å². The Hall–Kier alpha value is -0.930. The van der Waals surface area contributed by atoms with Crippen molar-refractivity contribution in [2.24, 2.45) is 0 Å². The van der Waals surface area contributed by atoms with Crippen molar-refractivity contribution in [2.45, 2.75) is 4.90 Å². The van der Waals surface area contributed by atoms with Gasteiger partial charge in [-0.1, -0.05) is 12.1 Å². The molecule has 1 heterocycles. The Bertz CT molecular complexity index is 417. The van der Waals surface area contributed by atoms with Crippen LogP contribution in [0.1, 0.15) is 0 Å². The summed E-state index contributed by atoms with van der Waals surface area (Å²) in [6.07, 6.45) is 2.08. The average Bonchev–Trinajstić information content (AvgIpc) is 2.65. The topological polar surface area (TPSA) is 26.0 Å². The molecule has 2 N–H and O–H groups in total. The van der Waals surface area contributed by atoms with Crippen LogP contribution < -0.4 is 5.73 Å². The molecule has 0 saturated carbocycles. The molecule has 0 unspecified atom stereocenters. The van der Waals surface area contributed by atoms with Crippen LogP contribution in [-0.2, 0) is 0 Å². The maximum atomic E-state index is 5.69. The number of nitrogens with two attached hydrogens (primary N) is 1. The fourth-order valence-electron chi connectivity index (χ4n) is 1.26. The molecule has 0 amide bonds. The Kier molecular flexibility index (Phi) is 2.79. The van der Waals surface area contributed by atoms with Crippen LogP contribution in [0.15, 0.2) is 41.3 Å². The SMILES string of the molecule is CSc1ccc(-c2ccc(N)s2)cc1. The van der Waals surface area contributed by atoms with Gasteiger partial charge in [0.1, 0.15) is 0 Å². The van der Waals surface area contributed by atoms with Crippen molar-refractivity contribution >= 4 is 28.1 Å². The van der Waals surface area contributed by atoms with E-state index in [0.29, 0.717) is 0 Å². The maximum absolute atomic E-state index is 5.69. The Balaban J connectivity index is 2.33. The fourth-order valence-corrected chi connectivity index (χ4v) is 2.45. The molecule has 0 spiro atoms. The lowest BCUT2D eigenvalue weighted by atomic mass is 10.2. The Morgan fingerprint density at radius 2 is 1.79 bits per heavy atom. The second-order valence-corrected chi connectivity index (χ2v) is 4.93. The molecule has 1 aromatic carbocycles. The second-order valence-electron chi connectivity index (χ2n) is 2.93. The summed E-state index contributed by atoms with van der Waals surface area (Å²) < 4.78 is 0. The Labute approximate surface area is 92.0 Å². The molecule has 0 fully saturated rings. The molecule has 0 atom stereocenters. The van der Waals surface area contributed by atoms with Crippen LogP contribution in [-0.4, -0.2) is 6.26 Å². The summed E-state index contributed by atoms with van der Waals surface area (Å²) >= 11 is 3.38. The predicted octanol–water partition coefficient (Wildman–Crippen LogP) is 3.72. The number of nitrogen functional groups attached to an aromatic ring is 1. The van der Waals surface area contributed by atoms with E-state index in [-0.39, 0.29) is 0 Å². The highest BCUT2D eigenvalue weighted by Gasteiger charge is 2.00. The minimum Gasteiger partial charge on any atom is -0.391 e. The number of hydrogen-bond donors (Lipinski definition) is 1. The summed E-state index contributed by atoms with van der Waals surface area (Å²) in [6, 6.07) is 12.6. The molecule has 1 nitrogen and oxygen atoms in total. The highest BCUT2D eigenvalue weighted by molar-refractivity contribution is 7.98. The van der Waals surface area contributed by atoms with E-state index < -0.39 is 0 Å². The van der Waals surface area contributed by atoms with Gasteiger partial charge in [-0.05, 0) is 36.1 Å². The first-order valence-corrected chi connectivity index (χ1v) is 6.33. The third-order valence-electron chi connectivity index (χ3n) is 2.00. The lowest BCUT2D eigenvalue weighted by Gasteiger charge is -1.98. The smallest absolute Gasteiger partial charge is 0.0862 e. The van der Waals surface area contributed by atoms with Gasteiger partial charge in [0.25, 0.3) is 0 Å². The zero-order valence-corrected chi connectivity index (χ0v) is 9.49. The van der Waals surface area contributed by atoms with Crippen molar-refractivity contribution in [3.8, 4) is 10.4 Å². The fraction of sp³-hybridized carbons (Fsp3) is 0.0909. The molecule has 0 aliphatic carbocycles. The third-order valence-corrected chi connectivity index (χ3v) is 3.71. The molecule has 0 saturated heterocycles. The van der Waals surface area contributed by atoms with Gasteiger partial charge in [-0.3, -0.25) is 0 Å². The van der Waals surface area contributed by atoms with Gasteiger partial charge in [0, 0.05) is 9.77 Å². The Morgan fingerprint density at radius 1 is 1.07 bits per heavy atom. The number of hydrogen-bond acceptors (Lipinski definition) is 3. The van der Waals surface area contributed by atoms with Gasteiger partial charge in [-0.2, -0.15) is 0 Å². The summed E-state index contributed by atoms with van der Waals surface area (Å²) in [4.78, 5) is 2.52. The van der Waals surface area contributed by atoms with Gasteiger partial charge in [0.2, 0.25) is 0 Å². The van der Waals surface area contributed by atoms with E-state index in [0.717, 1.165) is 5.00 Å². The summed E-state index contributed by atoms with van der Waals surface area (Å²) in [5.41, 5.74) is 6.93. The van der Waals surface area contributed by atoms with Crippen molar-refractivity contribution < 1.29 is 0 Å². The minimum absolute atomic E-state index is 0.869. The highest BCUT2D eigenvalue weighted by atomic mass is 32.2. The molecule has 0 aliphatic heterocycles. The number of thioether (sulfide) groups is 1. The molecule has 3 heteroatoms. The zero-order valence-electron chi connectivity index (χ0n) is 7.86. The molecule has 14 heavy (non-hydrogen) atoms. The van der Waals surface area contributed by atoms with Crippen LogP contribution in [0.4, 0.5) is 5.00 Å². The van der Waals surface area contributed by atoms with Crippen LogP contribution in [0.2, 0.25) is 0 Å². The van der Waals surface area contributed by atoms with E-state index in [1.54, 1.807) is 23.1 Å². The minimum atomic E-state index is 0.869. The lowest BCUT2D eigenvalue weighted by Crippen LogP contribution is -1.74. The number of rotatable bonds is 2. The normalized spacial score (nSPS) is 10.4. The van der Waals surface area contributed by atoms with Crippen molar-refractivity contribution in [1.29, 1.82) is 0 Å². The monoisotopic (exact) mass is 221 g/mol. The summed E-state index contributed by atoms with van der Waals surface area (Å²) in [5, 5.41) is 0.869. The first-order valence-electron chi connectivity index (χ1n) is 4.29. The van der Waals surface area contributed by atoms with Crippen LogP contribution in [0, 0.1) is 0 Å². The van der Waals surface area contributed by atoms with Crippen molar-refractivity contribution in [3.63, 3.8) is 0 Å². The van der Waals surface area contributed by atoms with E-state index in [1.165, 1.54) is 15.3 Å². The lowest BCUT2D eigenvalue weighted by molar-refractivity contribution is 1.47. The maximum Gasteiger partial charge on any atom is 0.0862 e.